The number of aromatic nitrogens is 1. The number of hydrogen-bond donors (Lipinski definition) is 1. The van der Waals surface area contributed by atoms with Crippen molar-refractivity contribution in [3.63, 3.8) is 0 Å². The highest BCUT2D eigenvalue weighted by atomic mass is 32.1. The fourth-order valence-corrected chi connectivity index (χ4v) is 2.37. The highest BCUT2D eigenvalue weighted by Crippen LogP contribution is 2.31. The average molecular weight is 286 g/mol. The first-order valence-corrected chi connectivity index (χ1v) is 6.69. The third kappa shape index (κ3) is 4.04. The van der Waals surface area contributed by atoms with E-state index in [1.807, 2.05) is 5.38 Å². The summed E-state index contributed by atoms with van der Waals surface area (Å²) in [5.41, 5.74) is -0.300. The van der Waals surface area contributed by atoms with E-state index in [1.54, 1.807) is 23.6 Å². The largest absolute Gasteiger partial charge is 0.416 e. The summed E-state index contributed by atoms with van der Waals surface area (Å²) in [7, 11) is 0. The molecule has 0 aliphatic rings. The van der Waals surface area contributed by atoms with Crippen LogP contribution >= 0.6 is 11.3 Å². The second-order valence-electron chi connectivity index (χ2n) is 4.01. The molecule has 0 saturated heterocycles. The van der Waals surface area contributed by atoms with E-state index in [-0.39, 0.29) is 12.1 Å². The van der Waals surface area contributed by atoms with Crippen molar-refractivity contribution in [2.24, 2.45) is 0 Å². The Bertz CT molecular complexity index is 509. The van der Waals surface area contributed by atoms with E-state index in [2.05, 4.69) is 10.3 Å². The van der Waals surface area contributed by atoms with Crippen molar-refractivity contribution in [2.75, 3.05) is 6.54 Å². The smallest absolute Gasteiger partial charge is 0.312 e. The van der Waals surface area contributed by atoms with Crippen LogP contribution in [0.25, 0.3) is 0 Å². The molecule has 0 unspecified atom stereocenters. The lowest BCUT2D eigenvalue weighted by molar-refractivity contribution is -0.138. The lowest BCUT2D eigenvalue weighted by Crippen LogP contribution is -2.19. The van der Waals surface area contributed by atoms with Gasteiger partial charge in [-0.1, -0.05) is 18.2 Å². The van der Waals surface area contributed by atoms with Crippen LogP contribution in [0.5, 0.6) is 0 Å². The summed E-state index contributed by atoms with van der Waals surface area (Å²) in [4.78, 5) is 4.12. The fraction of sp³-hybridized carbons (Fsp3) is 0.308. The van der Waals surface area contributed by atoms with Crippen molar-refractivity contribution in [3.05, 3.63) is 52.0 Å². The zero-order valence-electron chi connectivity index (χ0n) is 10.1. The molecule has 6 heteroatoms. The average Bonchev–Trinajstić information content (AvgIpc) is 2.87. The SMILES string of the molecule is FC(F)(F)c1ccccc1CNCCc1nccs1. The molecule has 2 aromatic rings. The second kappa shape index (κ2) is 6.16. The maximum absolute atomic E-state index is 12.7. The summed E-state index contributed by atoms with van der Waals surface area (Å²) in [6.45, 7) is 0.820. The maximum Gasteiger partial charge on any atom is 0.416 e. The lowest BCUT2D eigenvalue weighted by Gasteiger charge is -2.12. The van der Waals surface area contributed by atoms with Crippen LogP contribution in [0.15, 0.2) is 35.8 Å². The van der Waals surface area contributed by atoms with E-state index in [0.29, 0.717) is 6.54 Å². The molecule has 0 atom stereocenters. The Hall–Kier alpha value is -1.40. The van der Waals surface area contributed by atoms with E-state index in [9.17, 15) is 13.2 Å². The molecule has 19 heavy (non-hydrogen) atoms. The Labute approximate surface area is 113 Å². The van der Waals surface area contributed by atoms with Gasteiger partial charge >= 0.3 is 6.18 Å². The van der Waals surface area contributed by atoms with Gasteiger partial charge in [0.2, 0.25) is 0 Å². The molecule has 0 amide bonds. The van der Waals surface area contributed by atoms with Gasteiger partial charge in [-0.2, -0.15) is 13.2 Å². The third-order valence-corrected chi connectivity index (χ3v) is 3.48. The summed E-state index contributed by atoms with van der Waals surface area (Å²) in [5, 5.41) is 5.89. The third-order valence-electron chi connectivity index (χ3n) is 2.64. The van der Waals surface area contributed by atoms with Crippen molar-refractivity contribution in [1.82, 2.24) is 10.3 Å². The van der Waals surface area contributed by atoms with Crippen molar-refractivity contribution < 1.29 is 13.2 Å². The highest BCUT2D eigenvalue weighted by Gasteiger charge is 2.32. The molecule has 0 radical (unpaired) electrons. The number of benzene rings is 1. The van der Waals surface area contributed by atoms with Gasteiger partial charge in [-0.3, -0.25) is 0 Å². The Morgan fingerprint density at radius 3 is 2.68 bits per heavy atom. The molecule has 1 aromatic heterocycles. The Balaban J connectivity index is 1.89. The zero-order valence-corrected chi connectivity index (χ0v) is 10.9. The molecule has 0 bridgehead atoms. The standard InChI is InChI=1S/C13H13F3N2S/c14-13(15,16)11-4-2-1-3-10(11)9-17-6-5-12-18-7-8-19-12/h1-4,7-8,17H,5-6,9H2. The van der Waals surface area contributed by atoms with Crippen LogP contribution in [0.3, 0.4) is 0 Å². The minimum absolute atomic E-state index is 0.209. The maximum atomic E-state index is 12.7. The van der Waals surface area contributed by atoms with Crippen LogP contribution in [0.1, 0.15) is 16.1 Å². The molecule has 1 aromatic carbocycles. The molecule has 0 fully saturated rings. The van der Waals surface area contributed by atoms with Gasteiger partial charge in [0, 0.05) is 31.1 Å². The van der Waals surface area contributed by atoms with Crippen LogP contribution in [0, 0.1) is 0 Å². The number of nitrogens with one attached hydrogen (secondary N) is 1. The van der Waals surface area contributed by atoms with Crippen LogP contribution in [0.4, 0.5) is 13.2 Å². The van der Waals surface area contributed by atoms with Crippen LogP contribution in [-0.2, 0) is 19.1 Å². The first-order valence-electron chi connectivity index (χ1n) is 5.81. The summed E-state index contributed by atoms with van der Waals surface area (Å²) in [6.07, 6.45) is -1.85. The first kappa shape index (κ1) is 14.0. The molecular formula is C13H13F3N2S. The molecule has 0 aliphatic carbocycles. The molecule has 1 heterocycles. The highest BCUT2D eigenvalue weighted by molar-refractivity contribution is 7.09. The summed E-state index contributed by atoms with van der Waals surface area (Å²) in [6, 6.07) is 5.63. The number of hydrogen-bond acceptors (Lipinski definition) is 3. The fourth-order valence-electron chi connectivity index (χ4n) is 1.75. The zero-order chi connectivity index (χ0) is 13.7. The number of nitrogens with zero attached hydrogens (tertiary/aromatic N) is 1. The van der Waals surface area contributed by atoms with Gasteiger partial charge < -0.3 is 5.32 Å². The lowest BCUT2D eigenvalue weighted by atomic mass is 10.1. The van der Waals surface area contributed by atoms with Crippen molar-refractivity contribution >= 4 is 11.3 Å². The minimum atomic E-state index is -4.30. The van der Waals surface area contributed by atoms with E-state index in [4.69, 9.17) is 0 Å². The van der Waals surface area contributed by atoms with Gasteiger partial charge in [-0.15, -0.1) is 11.3 Å². The topological polar surface area (TPSA) is 24.9 Å². The normalized spacial score (nSPS) is 11.7. The molecule has 0 saturated carbocycles. The summed E-state index contributed by atoms with van der Waals surface area (Å²) in [5.74, 6) is 0. The van der Waals surface area contributed by atoms with Crippen LogP contribution < -0.4 is 5.32 Å². The van der Waals surface area contributed by atoms with E-state index in [1.165, 1.54) is 12.1 Å². The van der Waals surface area contributed by atoms with Gasteiger partial charge in [-0.25, -0.2) is 4.98 Å². The molecule has 0 spiro atoms. The predicted octanol–water partition coefficient (Wildman–Crippen LogP) is 3.49. The number of thiazole rings is 1. The monoisotopic (exact) mass is 286 g/mol. The number of alkyl halides is 3. The van der Waals surface area contributed by atoms with Gasteiger partial charge in [0.15, 0.2) is 0 Å². The Morgan fingerprint density at radius 1 is 1.21 bits per heavy atom. The van der Waals surface area contributed by atoms with Crippen molar-refractivity contribution in [1.29, 1.82) is 0 Å². The molecule has 0 aliphatic heterocycles. The van der Waals surface area contributed by atoms with Gasteiger partial charge in [0.1, 0.15) is 0 Å². The van der Waals surface area contributed by atoms with Gasteiger partial charge in [0.05, 0.1) is 10.6 Å². The Morgan fingerprint density at radius 2 is 2.00 bits per heavy atom. The quantitative estimate of drug-likeness (QED) is 0.851. The first-order chi connectivity index (χ1) is 9.07. The van der Waals surface area contributed by atoms with Gasteiger partial charge in [-0.05, 0) is 11.6 Å². The van der Waals surface area contributed by atoms with Gasteiger partial charge in [0.25, 0.3) is 0 Å². The predicted molar refractivity (Wildman–Crippen MR) is 69.0 cm³/mol. The Kier molecular flexibility index (Phi) is 4.55. The molecule has 1 N–H and O–H groups in total. The number of rotatable bonds is 5. The second-order valence-corrected chi connectivity index (χ2v) is 4.99. The molecular weight excluding hydrogens is 273 g/mol. The molecule has 2 nitrogen and oxygen atoms in total. The van der Waals surface area contributed by atoms with Crippen LogP contribution in [0.2, 0.25) is 0 Å². The van der Waals surface area contributed by atoms with E-state index >= 15 is 0 Å². The summed E-state index contributed by atoms with van der Waals surface area (Å²) < 4.78 is 38.2. The molecule has 102 valence electrons. The van der Waals surface area contributed by atoms with Crippen molar-refractivity contribution in [2.45, 2.75) is 19.1 Å². The van der Waals surface area contributed by atoms with Crippen LogP contribution in [-0.4, -0.2) is 11.5 Å². The molecule has 2 rings (SSSR count). The van der Waals surface area contributed by atoms with E-state index < -0.39 is 11.7 Å². The van der Waals surface area contributed by atoms with Crippen molar-refractivity contribution in [3.8, 4) is 0 Å². The number of halogens is 3. The van der Waals surface area contributed by atoms with E-state index in [0.717, 1.165) is 17.5 Å². The summed E-state index contributed by atoms with van der Waals surface area (Å²) >= 11 is 1.55. The minimum Gasteiger partial charge on any atom is -0.312 e.